The molecule has 3 heteroatoms. The summed E-state index contributed by atoms with van der Waals surface area (Å²) >= 11 is 1.84. The van der Waals surface area contributed by atoms with Gasteiger partial charge in [0.05, 0.1) is 6.10 Å². The fourth-order valence-corrected chi connectivity index (χ4v) is 3.47. The highest BCUT2D eigenvalue weighted by molar-refractivity contribution is 7.17. The van der Waals surface area contributed by atoms with Crippen LogP contribution < -0.4 is 5.32 Å². The maximum absolute atomic E-state index is 5.39. The number of nitrogens with one attached hydrogen (secondary N) is 1. The molecule has 0 spiro atoms. The number of hydrogen-bond acceptors (Lipinski definition) is 3. The molecule has 2 aromatic rings. The number of fused-ring (bicyclic) bond motifs is 1. The molecule has 0 aliphatic heterocycles. The van der Waals surface area contributed by atoms with E-state index in [1.165, 1.54) is 15.6 Å². The molecular weight excluding hydrogens is 266 g/mol. The molecule has 20 heavy (non-hydrogen) atoms. The van der Waals surface area contributed by atoms with Gasteiger partial charge in [0.15, 0.2) is 0 Å². The molecule has 0 aliphatic carbocycles. The second-order valence-corrected chi connectivity index (χ2v) is 6.23. The van der Waals surface area contributed by atoms with Gasteiger partial charge in [-0.25, -0.2) is 0 Å². The predicted molar refractivity (Wildman–Crippen MR) is 88.6 cm³/mol. The maximum Gasteiger partial charge on any atom is 0.0543 e. The lowest BCUT2D eigenvalue weighted by Crippen LogP contribution is -2.23. The topological polar surface area (TPSA) is 21.3 Å². The van der Waals surface area contributed by atoms with Crippen LogP contribution in [0.25, 0.3) is 10.1 Å². The van der Waals surface area contributed by atoms with Gasteiger partial charge < -0.3 is 10.1 Å². The standard InChI is InChI=1S/C17H25NOS/c1-4-11-18-16(9-8-13(2)19-3)15-7-5-6-14-10-12-20-17(14)15/h5-7,10,12-13,16,18H,4,8-9,11H2,1-3H3. The first-order valence-corrected chi connectivity index (χ1v) is 8.36. The van der Waals surface area contributed by atoms with Crippen LogP contribution in [-0.4, -0.2) is 19.8 Å². The van der Waals surface area contributed by atoms with E-state index in [0.717, 1.165) is 25.8 Å². The van der Waals surface area contributed by atoms with Crippen molar-refractivity contribution >= 4 is 21.4 Å². The summed E-state index contributed by atoms with van der Waals surface area (Å²) in [6.45, 7) is 5.42. The lowest BCUT2D eigenvalue weighted by molar-refractivity contribution is 0.106. The SMILES string of the molecule is CCCNC(CCC(C)OC)c1cccc2ccsc12. The largest absolute Gasteiger partial charge is 0.382 e. The van der Waals surface area contributed by atoms with Crippen LogP contribution in [0.4, 0.5) is 0 Å². The summed E-state index contributed by atoms with van der Waals surface area (Å²) in [7, 11) is 1.79. The van der Waals surface area contributed by atoms with Crippen LogP contribution >= 0.6 is 11.3 Å². The predicted octanol–water partition coefficient (Wildman–Crippen LogP) is 4.76. The summed E-state index contributed by atoms with van der Waals surface area (Å²) in [5.74, 6) is 0. The minimum Gasteiger partial charge on any atom is -0.382 e. The Balaban J connectivity index is 2.18. The van der Waals surface area contributed by atoms with Crippen LogP contribution in [0.5, 0.6) is 0 Å². The maximum atomic E-state index is 5.39. The van der Waals surface area contributed by atoms with Crippen LogP contribution in [-0.2, 0) is 4.74 Å². The third kappa shape index (κ3) is 3.81. The molecule has 0 fully saturated rings. The molecule has 110 valence electrons. The summed E-state index contributed by atoms with van der Waals surface area (Å²) < 4.78 is 6.81. The lowest BCUT2D eigenvalue weighted by Gasteiger charge is -2.21. The van der Waals surface area contributed by atoms with Crippen LogP contribution in [0.2, 0.25) is 0 Å². The number of hydrogen-bond donors (Lipinski definition) is 1. The van der Waals surface area contributed by atoms with Crippen molar-refractivity contribution in [1.29, 1.82) is 0 Å². The highest BCUT2D eigenvalue weighted by Crippen LogP contribution is 2.31. The Hall–Kier alpha value is -0.900. The zero-order valence-corrected chi connectivity index (χ0v) is 13.5. The molecule has 0 saturated heterocycles. The van der Waals surface area contributed by atoms with Crippen molar-refractivity contribution in [2.75, 3.05) is 13.7 Å². The Morgan fingerprint density at radius 1 is 1.25 bits per heavy atom. The fourth-order valence-electron chi connectivity index (χ4n) is 2.50. The van der Waals surface area contributed by atoms with E-state index in [1.54, 1.807) is 7.11 Å². The van der Waals surface area contributed by atoms with Gasteiger partial charge in [-0.05, 0) is 55.1 Å². The normalized spacial score (nSPS) is 14.6. The van der Waals surface area contributed by atoms with Crippen LogP contribution in [0.3, 0.4) is 0 Å². The van der Waals surface area contributed by atoms with Gasteiger partial charge in [0.1, 0.15) is 0 Å². The number of benzene rings is 1. The Morgan fingerprint density at radius 2 is 2.10 bits per heavy atom. The van der Waals surface area contributed by atoms with Gasteiger partial charge in [-0.15, -0.1) is 11.3 Å². The van der Waals surface area contributed by atoms with E-state index in [2.05, 4.69) is 48.8 Å². The molecule has 2 nitrogen and oxygen atoms in total. The van der Waals surface area contributed by atoms with Crippen LogP contribution in [0.1, 0.15) is 44.7 Å². The van der Waals surface area contributed by atoms with Crippen molar-refractivity contribution in [3.05, 3.63) is 35.2 Å². The summed E-state index contributed by atoms with van der Waals surface area (Å²) in [4.78, 5) is 0. The monoisotopic (exact) mass is 291 g/mol. The second-order valence-electron chi connectivity index (χ2n) is 5.32. The molecule has 1 aromatic heterocycles. The number of rotatable bonds is 8. The van der Waals surface area contributed by atoms with E-state index >= 15 is 0 Å². The molecule has 1 aromatic carbocycles. The number of thiophene rings is 1. The van der Waals surface area contributed by atoms with Crippen LogP contribution in [0, 0.1) is 0 Å². The van der Waals surface area contributed by atoms with Crippen molar-refractivity contribution in [2.24, 2.45) is 0 Å². The van der Waals surface area contributed by atoms with Crippen molar-refractivity contribution < 1.29 is 4.74 Å². The van der Waals surface area contributed by atoms with Crippen LogP contribution in [0.15, 0.2) is 29.6 Å². The molecule has 0 amide bonds. The minimum atomic E-state index is 0.323. The highest BCUT2D eigenvalue weighted by Gasteiger charge is 2.15. The van der Waals surface area contributed by atoms with Gasteiger partial charge in [-0.1, -0.05) is 25.1 Å². The molecule has 0 saturated carbocycles. The third-order valence-corrected chi connectivity index (χ3v) is 4.77. The lowest BCUT2D eigenvalue weighted by atomic mass is 9.99. The van der Waals surface area contributed by atoms with Gasteiger partial charge >= 0.3 is 0 Å². The smallest absolute Gasteiger partial charge is 0.0543 e. The van der Waals surface area contributed by atoms with Crippen molar-refractivity contribution in [3.63, 3.8) is 0 Å². The zero-order valence-electron chi connectivity index (χ0n) is 12.7. The molecule has 1 heterocycles. The van der Waals surface area contributed by atoms with E-state index < -0.39 is 0 Å². The van der Waals surface area contributed by atoms with E-state index in [-0.39, 0.29) is 0 Å². The van der Waals surface area contributed by atoms with E-state index in [0.29, 0.717) is 12.1 Å². The highest BCUT2D eigenvalue weighted by atomic mass is 32.1. The Bertz CT molecular complexity index is 522. The van der Waals surface area contributed by atoms with Gasteiger partial charge in [-0.2, -0.15) is 0 Å². The summed E-state index contributed by atoms with van der Waals surface area (Å²) in [6, 6.07) is 9.27. The zero-order chi connectivity index (χ0) is 14.4. The van der Waals surface area contributed by atoms with Gasteiger partial charge in [0.2, 0.25) is 0 Å². The van der Waals surface area contributed by atoms with Crippen molar-refractivity contribution in [2.45, 2.75) is 45.3 Å². The quantitative estimate of drug-likeness (QED) is 0.757. The third-order valence-electron chi connectivity index (χ3n) is 3.79. The first-order valence-electron chi connectivity index (χ1n) is 7.48. The first kappa shape index (κ1) is 15.5. The van der Waals surface area contributed by atoms with Crippen molar-refractivity contribution in [3.8, 4) is 0 Å². The Labute approximate surface area is 126 Å². The first-order chi connectivity index (χ1) is 9.76. The van der Waals surface area contributed by atoms with E-state index in [9.17, 15) is 0 Å². The average Bonchev–Trinajstić information content (AvgIpc) is 2.95. The van der Waals surface area contributed by atoms with Gasteiger partial charge in [-0.3, -0.25) is 0 Å². The summed E-state index contributed by atoms with van der Waals surface area (Å²) in [5, 5.41) is 7.24. The molecular formula is C17H25NOS. The number of ether oxygens (including phenoxy) is 1. The molecule has 0 radical (unpaired) electrons. The molecule has 2 atom stereocenters. The fraction of sp³-hybridized carbons (Fsp3) is 0.529. The number of methoxy groups -OCH3 is 1. The molecule has 0 aliphatic rings. The molecule has 1 N–H and O–H groups in total. The second kappa shape index (κ2) is 7.77. The minimum absolute atomic E-state index is 0.323. The van der Waals surface area contributed by atoms with Crippen molar-refractivity contribution in [1.82, 2.24) is 5.32 Å². The average molecular weight is 291 g/mol. The van der Waals surface area contributed by atoms with E-state index in [1.807, 2.05) is 11.3 Å². The van der Waals surface area contributed by atoms with Gasteiger partial charge in [0.25, 0.3) is 0 Å². The van der Waals surface area contributed by atoms with E-state index in [4.69, 9.17) is 4.74 Å². The molecule has 2 unspecified atom stereocenters. The summed E-state index contributed by atoms with van der Waals surface area (Å²) in [5.41, 5.74) is 1.44. The Kier molecular flexibility index (Phi) is 6.02. The van der Waals surface area contributed by atoms with Gasteiger partial charge in [0, 0.05) is 17.9 Å². The molecule has 0 bridgehead atoms. The summed E-state index contributed by atoms with van der Waals surface area (Å²) in [6.07, 6.45) is 3.69. The molecule has 2 rings (SSSR count). The Morgan fingerprint density at radius 3 is 2.85 bits per heavy atom.